The number of carbonyl (C=O) groups is 1. The van der Waals surface area contributed by atoms with Gasteiger partial charge in [-0.05, 0) is 25.2 Å². The zero-order chi connectivity index (χ0) is 11.3. The molecule has 0 N–H and O–H groups in total. The maximum absolute atomic E-state index is 11.7. The van der Waals surface area contributed by atoms with Crippen molar-refractivity contribution < 1.29 is 9.63 Å². The van der Waals surface area contributed by atoms with Crippen molar-refractivity contribution in [2.24, 2.45) is 5.92 Å². The standard InChI is InChI=1S/C10H14N4O2/c1-13(16-2)9(15)8-6-14(12-11-8)10-3-7(4-10)5-10/h6-7H,3-5H2,1-2H3. The highest BCUT2D eigenvalue weighted by Crippen LogP contribution is 2.61. The SMILES string of the molecule is CON(C)C(=O)c1cn(C23CC(C2)C3)nn1. The van der Waals surface area contributed by atoms with E-state index in [1.807, 2.05) is 4.68 Å². The largest absolute Gasteiger partial charge is 0.299 e. The van der Waals surface area contributed by atoms with Crippen LogP contribution in [0.5, 0.6) is 0 Å². The molecule has 0 atom stereocenters. The fourth-order valence-electron chi connectivity index (χ4n) is 2.55. The van der Waals surface area contributed by atoms with E-state index >= 15 is 0 Å². The van der Waals surface area contributed by atoms with Crippen molar-refractivity contribution in [3.8, 4) is 0 Å². The van der Waals surface area contributed by atoms with Gasteiger partial charge in [-0.3, -0.25) is 9.63 Å². The quantitative estimate of drug-likeness (QED) is 0.695. The summed E-state index contributed by atoms with van der Waals surface area (Å²) in [6, 6.07) is 0. The molecule has 4 rings (SSSR count). The zero-order valence-electron chi connectivity index (χ0n) is 9.38. The molecule has 1 aromatic rings. The second kappa shape index (κ2) is 3.04. The molecule has 0 radical (unpaired) electrons. The average Bonchev–Trinajstić information content (AvgIpc) is 2.60. The van der Waals surface area contributed by atoms with E-state index < -0.39 is 0 Å². The van der Waals surface area contributed by atoms with Crippen LogP contribution >= 0.6 is 0 Å². The lowest BCUT2D eigenvalue weighted by molar-refractivity contribution is -0.0989. The maximum Gasteiger partial charge on any atom is 0.299 e. The highest BCUT2D eigenvalue weighted by molar-refractivity contribution is 5.90. The van der Waals surface area contributed by atoms with Gasteiger partial charge in [0, 0.05) is 7.05 Å². The van der Waals surface area contributed by atoms with Gasteiger partial charge in [-0.1, -0.05) is 5.21 Å². The third kappa shape index (κ3) is 1.13. The molecule has 3 aliphatic carbocycles. The number of nitrogens with zero attached hydrogens (tertiary/aromatic N) is 4. The molecule has 6 heteroatoms. The number of amides is 1. The molecular formula is C10H14N4O2. The van der Waals surface area contributed by atoms with Crippen molar-refractivity contribution in [3.63, 3.8) is 0 Å². The topological polar surface area (TPSA) is 60.2 Å². The summed E-state index contributed by atoms with van der Waals surface area (Å²) in [6.45, 7) is 0. The third-order valence-corrected chi connectivity index (χ3v) is 3.76. The van der Waals surface area contributed by atoms with Gasteiger partial charge in [-0.25, -0.2) is 9.75 Å². The van der Waals surface area contributed by atoms with Crippen molar-refractivity contribution in [2.45, 2.75) is 24.8 Å². The molecule has 0 spiro atoms. The average molecular weight is 222 g/mol. The van der Waals surface area contributed by atoms with Gasteiger partial charge in [0.2, 0.25) is 0 Å². The first-order chi connectivity index (χ1) is 7.64. The summed E-state index contributed by atoms with van der Waals surface area (Å²) in [5, 5.41) is 9.10. The highest BCUT2D eigenvalue weighted by Gasteiger charge is 2.58. The Morgan fingerprint density at radius 2 is 2.31 bits per heavy atom. The van der Waals surface area contributed by atoms with Crippen molar-refractivity contribution >= 4 is 5.91 Å². The van der Waals surface area contributed by atoms with E-state index in [1.54, 1.807) is 13.2 Å². The van der Waals surface area contributed by atoms with Crippen LogP contribution in [0.25, 0.3) is 0 Å². The first-order valence-electron chi connectivity index (χ1n) is 5.40. The number of hydrogen-bond donors (Lipinski definition) is 0. The minimum absolute atomic E-state index is 0.182. The van der Waals surface area contributed by atoms with Crippen molar-refractivity contribution in [1.29, 1.82) is 0 Å². The third-order valence-electron chi connectivity index (χ3n) is 3.76. The predicted molar refractivity (Wildman–Crippen MR) is 54.4 cm³/mol. The predicted octanol–water partition coefficient (Wildman–Crippen LogP) is 0.420. The summed E-state index contributed by atoms with van der Waals surface area (Å²) in [7, 11) is 3.01. The van der Waals surface area contributed by atoms with Crippen LogP contribution in [0.4, 0.5) is 0 Å². The number of carbonyl (C=O) groups excluding carboxylic acids is 1. The van der Waals surface area contributed by atoms with Crippen LogP contribution in [0.15, 0.2) is 6.20 Å². The fraction of sp³-hybridized carbons (Fsp3) is 0.700. The van der Waals surface area contributed by atoms with Crippen LogP contribution in [0.1, 0.15) is 29.8 Å². The summed E-state index contributed by atoms with van der Waals surface area (Å²) >= 11 is 0. The Labute approximate surface area is 93.1 Å². The van der Waals surface area contributed by atoms with Gasteiger partial charge in [0.25, 0.3) is 5.91 Å². The molecule has 86 valence electrons. The van der Waals surface area contributed by atoms with E-state index in [9.17, 15) is 4.79 Å². The van der Waals surface area contributed by atoms with Gasteiger partial charge in [-0.15, -0.1) is 5.10 Å². The van der Waals surface area contributed by atoms with Gasteiger partial charge < -0.3 is 0 Å². The van der Waals surface area contributed by atoms with E-state index in [4.69, 9.17) is 4.84 Å². The Morgan fingerprint density at radius 3 is 2.81 bits per heavy atom. The molecule has 1 aromatic heterocycles. The van der Waals surface area contributed by atoms with Crippen LogP contribution in [0.2, 0.25) is 0 Å². The van der Waals surface area contributed by atoms with Crippen molar-refractivity contribution in [2.75, 3.05) is 14.2 Å². The van der Waals surface area contributed by atoms with Crippen LogP contribution in [-0.4, -0.2) is 40.1 Å². The Morgan fingerprint density at radius 1 is 1.62 bits per heavy atom. The van der Waals surface area contributed by atoms with E-state index in [1.165, 1.54) is 26.4 Å². The summed E-state index contributed by atoms with van der Waals surface area (Å²) in [5.74, 6) is 0.616. The molecule has 0 aliphatic heterocycles. The minimum Gasteiger partial charge on any atom is -0.274 e. The lowest BCUT2D eigenvalue weighted by Crippen LogP contribution is -2.59. The van der Waals surface area contributed by atoms with Gasteiger partial charge in [0.15, 0.2) is 5.69 Å². The van der Waals surface area contributed by atoms with Crippen LogP contribution in [0.3, 0.4) is 0 Å². The molecule has 2 bridgehead atoms. The first kappa shape index (κ1) is 9.77. The number of hydroxylamine groups is 2. The normalized spacial score (nSPS) is 30.5. The molecule has 1 heterocycles. The van der Waals surface area contributed by atoms with Crippen LogP contribution in [0, 0.1) is 5.92 Å². The Hall–Kier alpha value is -1.43. The maximum atomic E-state index is 11.7. The van der Waals surface area contributed by atoms with Crippen LogP contribution < -0.4 is 0 Å². The molecule has 0 saturated heterocycles. The molecule has 1 amide bonds. The number of rotatable bonds is 3. The van der Waals surface area contributed by atoms with Crippen molar-refractivity contribution in [3.05, 3.63) is 11.9 Å². The Bertz CT molecular complexity index is 425. The number of hydrogen-bond acceptors (Lipinski definition) is 4. The van der Waals surface area contributed by atoms with Crippen molar-refractivity contribution in [1.82, 2.24) is 20.1 Å². The molecular weight excluding hydrogens is 208 g/mol. The van der Waals surface area contributed by atoms with Gasteiger partial charge in [0.1, 0.15) is 0 Å². The molecule has 6 nitrogen and oxygen atoms in total. The van der Waals surface area contributed by atoms with Gasteiger partial charge >= 0.3 is 0 Å². The first-order valence-corrected chi connectivity index (χ1v) is 5.40. The molecule has 3 aliphatic rings. The Kier molecular flexibility index (Phi) is 1.85. The van der Waals surface area contributed by atoms with E-state index in [2.05, 4.69) is 10.3 Å². The second-order valence-corrected chi connectivity index (χ2v) is 4.74. The molecule has 16 heavy (non-hydrogen) atoms. The van der Waals surface area contributed by atoms with Crippen LogP contribution in [-0.2, 0) is 10.4 Å². The van der Waals surface area contributed by atoms with E-state index in [0.717, 1.165) is 11.0 Å². The Balaban J connectivity index is 1.80. The summed E-state index contributed by atoms with van der Waals surface area (Å²) < 4.78 is 1.85. The summed E-state index contributed by atoms with van der Waals surface area (Å²) in [4.78, 5) is 16.5. The molecule has 3 saturated carbocycles. The summed E-state index contributed by atoms with van der Waals surface area (Å²) in [6.07, 6.45) is 5.28. The monoisotopic (exact) mass is 222 g/mol. The minimum atomic E-state index is -0.264. The van der Waals surface area contributed by atoms with Gasteiger partial charge in [-0.2, -0.15) is 0 Å². The highest BCUT2D eigenvalue weighted by atomic mass is 16.7. The number of aromatic nitrogens is 3. The van der Waals surface area contributed by atoms with Gasteiger partial charge in [0.05, 0.1) is 18.8 Å². The summed E-state index contributed by atoms with van der Waals surface area (Å²) in [5.41, 5.74) is 0.524. The zero-order valence-corrected chi connectivity index (χ0v) is 9.38. The fourth-order valence-corrected chi connectivity index (χ4v) is 2.55. The van der Waals surface area contributed by atoms with E-state index in [-0.39, 0.29) is 11.4 Å². The smallest absolute Gasteiger partial charge is 0.274 e. The molecule has 0 aromatic carbocycles. The lowest BCUT2D eigenvalue weighted by atomic mass is 9.50. The molecule has 3 fully saturated rings. The molecule has 0 unspecified atom stereocenters. The lowest BCUT2D eigenvalue weighted by Gasteiger charge is -2.61. The van der Waals surface area contributed by atoms with E-state index in [0.29, 0.717) is 5.69 Å². The second-order valence-electron chi connectivity index (χ2n) is 4.74.